The molecular formula is C16H13ClN2. The first kappa shape index (κ1) is 12.1. The molecule has 3 rings (SSSR count). The molecule has 1 atom stereocenters. The van der Waals surface area contributed by atoms with Gasteiger partial charge in [0.1, 0.15) is 6.07 Å². The highest BCUT2D eigenvalue weighted by Gasteiger charge is 2.28. The predicted octanol–water partition coefficient (Wildman–Crippen LogP) is 4.29. The molecule has 0 aliphatic carbocycles. The minimum absolute atomic E-state index is 0.336. The van der Waals surface area contributed by atoms with Crippen molar-refractivity contribution >= 4 is 23.0 Å². The zero-order chi connectivity index (χ0) is 13.4. The van der Waals surface area contributed by atoms with Crippen LogP contribution in [-0.2, 0) is 6.42 Å². The molecule has 19 heavy (non-hydrogen) atoms. The van der Waals surface area contributed by atoms with Gasteiger partial charge >= 0.3 is 0 Å². The summed E-state index contributed by atoms with van der Waals surface area (Å²) in [6.45, 7) is 2.17. The van der Waals surface area contributed by atoms with Crippen molar-refractivity contribution in [3.63, 3.8) is 0 Å². The first-order valence-electron chi connectivity index (χ1n) is 6.28. The van der Waals surface area contributed by atoms with Crippen LogP contribution < -0.4 is 4.90 Å². The van der Waals surface area contributed by atoms with Crippen molar-refractivity contribution in [1.82, 2.24) is 0 Å². The Morgan fingerprint density at radius 2 is 1.89 bits per heavy atom. The summed E-state index contributed by atoms with van der Waals surface area (Å²) < 4.78 is 0. The SMILES string of the molecule is CC1Cc2ccccc2N1c1cccc(Cl)c1C#N. The van der Waals surface area contributed by atoms with E-state index in [2.05, 4.69) is 36.1 Å². The lowest BCUT2D eigenvalue weighted by Gasteiger charge is -2.26. The quantitative estimate of drug-likeness (QED) is 0.771. The summed E-state index contributed by atoms with van der Waals surface area (Å²) in [7, 11) is 0. The highest BCUT2D eigenvalue weighted by atomic mass is 35.5. The van der Waals surface area contributed by atoms with Gasteiger partial charge in [0.2, 0.25) is 0 Å². The molecule has 1 aliphatic heterocycles. The lowest BCUT2D eigenvalue weighted by molar-refractivity contribution is 0.758. The van der Waals surface area contributed by atoms with Crippen molar-refractivity contribution < 1.29 is 0 Å². The third kappa shape index (κ3) is 1.87. The molecule has 94 valence electrons. The molecule has 1 aliphatic rings. The second-order valence-electron chi connectivity index (χ2n) is 4.80. The van der Waals surface area contributed by atoms with E-state index < -0.39 is 0 Å². The molecule has 0 saturated carbocycles. The van der Waals surface area contributed by atoms with E-state index in [0.29, 0.717) is 16.6 Å². The molecule has 1 heterocycles. The number of benzene rings is 2. The van der Waals surface area contributed by atoms with Crippen LogP contribution in [0.15, 0.2) is 42.5 Å². The second kappa shape index (κ2) is 4.60. The van der Waals surface area contributed by atoms with Gasteiger partial charge in [-0.2, -0.15) is 5.26 Å². The molecule has 0 fully saturated rings. The number of para-hydroxylation sites is 1. The van der Waals surface area contributed by atoms with Gasteiger partial charge in [0.25, 0.3) is 0 Å². The summed E-state index contributed by atoms with van der Waals surface area (Å²) in [6.07, 6.45) is 0.994. The number of nitrogens with zero attached hydrogens (tertiary/aromatic N) is 2. The topological polar surface area (TPSA) is 27.0 Å². The fraction of sp³-hybridized carbons (Fsp3) is 0.188. The number of halogens is 1. The number of rotatable bonds is 1. The fourth-order valence-electron chi connectivity index (χ4n) is 2.76. The summed E-state index contributed by atoms with van der Waals surface area (Å²) >= 11 is 6.13. The Labute approximate surface area is 117 Å². The highest BCUT2D eigenvalue weighted by molar-refractivity contribution is 6.32. The second-order valence-corrected chi connectivity index (χ2v) is 5.20. The van der Waals surface area contributed by atoms with E-state index in [4.69, 9.17) is 11.6 Å². The van der Waals surface area contributed by atoms with Crippen molar-refractivity contribution in [2.45, 2.75) is 19.4 Å². The summed E-state index contributed by atoms with van der Waals surface area (Å²) in [5, 5.41) is 9.84. The third-order valence-corrected chi connectivity index (χ3v) is 3.89. The largest absolute Gasteiger partial charge is 0.337 e. The van der Waals surface area contributed by atoms with Crippen molar-refractivity contribution in [2.24, 2.45) is 0 Å². The van der Waals surface area contributed by atoms with Crippen LogP contribution in [0.25, 0.3) is 0 Å². The Morgan fingerprint density at radius 1 is 1.16 bits per heavy atom. The van der Waals surface area contributed by atoms with Crippen molar-refractivity contribution in [1.29, 1.82) is 5.26 Å². The van der Waals surface area contributed by atoms with E-state index in [-0.39, 0.29) is 0 Å². The minimum Gasteiger partial charge on any atom is -0.337 e. The van der Waals surface area contributed by atoms with Gasteiger partial charge in [-0.05, 0) is 37.1 Å². The summed E-state index contributed by atoms with van der Waals surface area (Å²) in [6, 6.07) is 16.5. The normalized spacial score (nSPS) is 17.1. The third-order valence-electron chi connectivity index (χ3n) is 3.57. The Balaban J connectivity index is 2.19. The van der Waals surface area contributed by atoms with Gasteiger partial charge in [-0.1, -0.05) is 35.9 Å². The zero-order valence-corrected chi connectivity index (χ0v) is 11.4. The van der Waals surface area contributed by atoms with Gasteiger partial charge in [0.15, 0.2) is 0 Å². The first-order chi connectivity index (χ1) is 9.22. The summed E-state index contributed by atoms with van der Waals surface area (Å²) in [5.41, 5.74) is 3.94. The van der Waals surface area contributed by atoms with E-state index in [0.717, 1.165) is 12.1 Å². The van der Waals surface area contributed by atoms with Crippen LogP contribution in [-0.4, -0.2) is 6.04 Å². The molecule has 0 saturated heterocycles. The van der Waals surface area contributed by atoms with E-state index in [9.17, 15) is 5.26 Å². The number of hydrogen-bond donors (Lipinski definition) is 0. The maximum Gasteiger partial charge on any atom is 0.103 e. The number of nitriles is 1. The zero-order valence-electron chi connectivity index (χ0n) is 10.6. The molecule has 0 radical (unpaired) electrons. The number of anilines is 2. The average Bonchev–Trinajstić information content (AvgIpc) is 2.74. The van der Waals surface area contributed by atoms with Gasteiger partial charge < -0.3 is 4.90 Å². The maximum atomic E-state index is 9.33. The minimum atomic E-state index is 0.336. The van der Waals surface area contributed by atoms with Crippen LogP contribution >= 0.6 is 11.6 Å². The van der Waals surface area contributed by atoms with Crippen molar-refractivity contribution in [3.05, 3.63) is 58.6 Å². The monoisotopic (exact) mass is 268 g/mol. The van der Waals surface area contributed by atoms with Gasteiger partial charge in [0.05, 0.1) is 16.3 Å². The van der Waals surface area contributed by atoms with Crippen molar-refractivity contribution in [3.8, 4) is 6.07 Å². The van der Waals surface area contributed by atoms with Gasteiger partial charge in [-0.3, -0.25) is 0 Å². The molecular weight excluding hydrogens is 256 g/mol. The molecule has 0 aromatic heterocycles. The van der Waals surface area contributed by atoms with Crippen LogP contribution in [0.4, 0.5) is 11.4 Å². The van der Waals surface area contributed by atoms with Crippen LogP contribution in [0.2, 0.25) is 5.02 Å². The standard InChI is InChI=1S/C16H13ClN2/c1-11-9-12-5-2-3-7-15(12)19(11)16-8-4-6-14(17)13(16)10-18/h2-8,11H,9H2,1H3. The number of fused-ring (bicyclic) bond motifs is 1. The van der Waals surface area contributed by atoms with E-state index in [1.807, 2.05) is 18.2 Å². The summed E-state index contributed by atoms with van der Waals surface area (Å²) in [4.78, 5) is 2.21. The molecule has 2 aromatic carbocycles. The van der Waals surface area contributed by atoms with Gasteiger partial charge in [-0.15, -0.1) is 0 Å². The van der Waals surface area contributed by atoms with E-state index in [1.165, 1.54) is 11.3 Å². The van der Waals surface area contributed by atoms with E-state index in [1.54, 1.807) is 6.07 Å². The van der Waals surface area contributed by atoms with E-state index >= 15 is 0 Å². The Morgan fingerprint density at radius 3 is 2.68 bits per heavy atom. The fourth-order valence-corrected chi connectivity index (χ4v) is 2.97. The van der Waals surface area contributed by atoms with Crippen LogP contribution in [0, 0.1) is 11.3 Å². The van der Waals surface area contributed by atoms with Gasteiger partial charge in [0, 0.05) is 11.7 Å². The average molecular weight is 269 g/mol. The molecule has 3 heteroatoms. The predicted molar refractivity (Wildman–Crippen MR) is 77.9 cm³/mol. The Hall–Kier alpha value is -1.98. The molecule has 0 spiro atoms. The smallest absolute Gasteiger partial charge is 0.103 e. The highest BCUT2D eigenvalue weighted by Crippen LogP contribution is 2.40. The summed E-state index contributed by atoms with van der Waals surface area (Å²) in [5.74, 6) is 0. The van der Waals surface area contributed by atoms with Crippen LogP contribution in [0.5, 0.6) is 0 Å². The van der Waals surface area contributed by atoms with Crippen molar-refractivity contribution in [2.75, 3.05) is 4.90 Å². The number of hydrogen-bond acceptors (Lipinski definition) is 2. The van der Waals surface area contributed by atoms with Gasteiger partial charge in [-0.25, -0.2) is 0 Å². The Bertz CT molecular complexity index is 673. The molecule has 1 unspecified atom stereocenters. The van der Waals surface area contributed by atoms with Crippen LogP contribution in [0.3, 0.4) is 0 Å². The molecule has 0 bridgehead atoms. The molecule has 0 N–H and O–H groups in total. The maximum absolute atomic E-state index is 9.33. The Kier molecular flexibility index (Phi) is 2.93. The lowest BCUT2D eigenvalue weighted by Crippen LogP contribution is -2.24. The lowest BCUT2D eigenvalue weighted by atomic mass is 10.1. The van der Waals surface area contributed by atoms with Crippen LogP contribution in [0.1, 0.15) is 18.1 Å². The molecule has 0 amide bonds. The molecule has 2 nitrogen and oxygen atoms in total. The molecule has 2 aromatic rings. The first-order valence-corrected chi connectivity index (χ1v) is 6.66.